The molecule has 9 heteroatoms. The van der Waals surface area contributed by atoms with E-state index in [0.717, 1.165) is 6.26 Å². The maximum absolute atomic E-state index is 12.4. The third kappa shape index (κ3) is 7.15. The van der Waals surface area contributed by atoms with Gasteiger partial charge in [-0.25, -0.2) is 8.42 Å². The summed E-state index contributed by atoms with van der Waals surface area (Å²) in [5.74, 6) is -0.745. The number of carbonyl (C=O) groups is 3. The number of hydrogen-bond donors (Lipinski definition) is 2. The number of aliphatic carboxylic acids is 1. The normalized spacial score (nSPS) is 18.1. The molecule has 0 aliphatic heterocycles. The van der Waals surface area contributed by atoms with Crippen LogP contribution in [0.3, 0.4) is 0 Å². The Labute approximate surface area is 199 Å². The fraction of sp³-hybridized carbons (Fsp3) is 0.400. The van der Waals surface area contributed by atoms with Gasteiger partial charge in [0.2, 0.25) is 0 Å². The third-order valence-electron chi connectivity index (χ3n) is 5.91. The van der Waals surface area contributed by atoms with Crippen molar-refractivity contribution in [1.29, 1.82) is 0 Å². The number of nitrogens with one attached hydrogen (secondary N) is 1. The van der Waals surface area contributed by atoms with Crippen molar-refractivity contribution in [2.45, 2.75) is 49.5 Å². The van der Waals surface area contributed by atoms with Gasteiger partial charge in [0.15, 0.2) is 15.6 Å². The van der Waals surface area contributed by atoms with Crippen LogP contribution in [0.4, 0.5) is 0 Å². The number of hydrogen-bond acceptors (Lipinski definition) is 6. The van der Waals surface area contributed by atoms with Crippen LogP contribution in [0.2, 0.25) is 0 Å². The summed E-state index contributed by atoms with van der Waals surface area (Å²) in [6.07, 6.45) is 4.45. The molecule has 1 amide bonds. The van der Waals surface area contributed by atoms with Crippen molar-refractivity contribution in [1.82, 2.24) is 5.32 Å². The topological polar surface area (TPSA) is 127 Å². The molecule has 2 N–H and O–H groups in total. The van der Waals surface area contributed by atoms with Gasteiger partial charge in [0.25, 0.3) is 5.91 Å². The van der Waals surface area contributed by atoms with E-state index in [1.54, 1.807) is 24.3 Å². The second kappa shape index (κ2) is 11.3. The van der Waals surface area contributed by atoms with Crippen LogP contribution < -0.4 is 10.1 Å². The molecule has 0 radical (unpaired) electrons. The predicted octanol–water partition coefficient (Wildman–Crippen LogP) is 3.51. The minimum Gasteiger partial charge on any atom is -0.490 e. The molecule has 8 nitrogen and oxygen atoms in total. The Morgan fingerprint density at radius 3 is 2.09 bits per heavy atom. The summed E-state index contributed by atoms with van der Waals surface area (Å²) >= 11 is 0. The molecule has 1 fully saturated rings. The van der Waals surface area contributed by atoms with Crippen molar-refractivity contribution in [2.75, 3.05) is 12.8 Å². The zero-order chi connectivity index (χ0) is 24.7. The number of ketones is 1. The lowest BCUT2D eigenvalue weighted by Gasteiger charge is -2.26. The molecule has 2 aromatic rings. The molecular weight excluding hydrogens is 458 g/mol. The van der Waals surface area contributed by atoms with Crippen molar-refractivity contribution in [3.05, 3.63) is 59.7 Å². The van der Waals surface area contributed by atoms with Gasteiger partial charge >= 0.3 is 5.97 Å². The summed E-state index contributed by atoms with van der Waals surface area (Å²) in [7, 11) is -3.31. The smallest absolute Gasteiger partial charge is 0.306 e. The van der Waals surface area contributed by atoms with Gasteiger partial charge in [0.1, 0.15) is 5.75 Å². The molecule has 1 aliphatic rings. The molecule has 0 saturated heterocycles. The number of amides is 1. The van der Waals surface area contributed by atoms with E-state index in [1.165, 1.54) is 24.3 Å². The van der Waals surface area contributed by atoms with E-state index in [9.17, 15) is 22.8 Å². The first-order valence-electron chi connectivity index (χ1n) is 11.2. The van der Waals surface area contributed by atoms with Crippen LogP contribution in [0, 0.1) is 5.92 Å². The number of sulfone groups is 1. The molecular formula is C25H29NO7S. The predicted molar refractivity (Wildman–Crippen MR) is 126 cm³/mol. The molecule has 0 atom stereocenters. The quantitative estimate of drug-likeness (QED) is 0.388. The van der Waals surface area contributed by atoms with Crippen molar-refractivity contribution in [2.24, 2.45) is 5.92 Å². The summed E-state index contributed by atoms with van der Waals surface area (Å²) in [6, 6.07) is 12.6. The van der Waals surface area contributed by atoms with Gasteiger partial charge in [-0.1, -0.05) is 0 Å². The van der Waals surface area contributed by atoms with E-state index in [-0.39, 0.29) is 35.0 Å². The average Bonchev–Trinajstić information content (AvgIpc) is 2.82. The van der Waals surface area contributed by atoms with Gasteiger partial charge in [-0.2, -0.15) is 0 Å². The average molecular weight is 488 g/mol. The molecule has 3 rings (SSSR count). The Balaban J connectivity index is 1.39. The van der Waals surface area contributed by atoms with Gasteiger partial charge in [-0.3, -0.25) is 14.4 Å². The standard InChI is InChI=1S/C25H29NO7S/c1-34(31,32)22-14-8-18(9-15-22)24(28)26-16-2-3-23(27)17-4-10-20(11-5-17)33-21-12-6-19(7-13-21)25(29)30/h4-5,8-11,14-15,19,21H,2-3,6-7,12-13,16H2,1H3,(H,26,28)(H,29,30). The molecule has 2 aromatic carbocycles. The summed E-state index contributed by atoms with van der Waals surface area (Å²) in [4.78, 5) is 35.8. The zero-order valence-electron chi connectivity index (χ0n) is 19.0. The molecule has 182 valence electrons. The van der Waals surface area contributed by atoms with Gasteiger partial charge in [-0.05, 0) is 80.6 Å². The number of ether oxygens (including phenoxy) is 1. The molecule has 0 bridgehead atoms. The molecule has 0 spiro atoms. The summed E-state index contributed by atoms with van der Waals surface area (Å²) in [6.45, 7) is 0.318. The van der Waals surface area contributed by atoms with Gasteiger partial charge in [0, 0.05) is 30.3 Å². The maximum atomic E-state index is 12.4. The van der Waals surface area contributed by atoms with Crippen molar-refractivity contribution >= 4 is 27.5 Å². The monoisotopic (exact) mass is 487 g/mol. The second-order valence-electron chi connectivity index (χ2n) is 8.53. The largest absolute Gasteiger partial charge is 0.490 e. The van der Waals surface area contributed by atoms with Crippen LogP contribution >= 0.6 is 0 Å². The van der Waals surface area contributed by atoms with Crippen molar-refractivity contribution in [3.8, 4) is 5.75 Å². The van der Waals surface area contributed by atoms with Gasteiger partial charge in [0.05, 0.1) is 16.9 Å². The first-order chi connectivity index (χ1) is 16.1. The Morgan fingerprint density at radius 2 is 1.53 bits per heavy atom. The third-order valence-corrected chi connectivity index (χ3v) is 7.04. The Bertz CT molecular complexity index is 1120. The molecule has 0 unspecified atom stereocenters. The molecule has 0 heterocycles. The fourth-order valence-corrected chi connectivity index (χ4v) is 4.52. The number of carbonyl (C=O) groups excluding carboxylic acids is 2. The lowest BCUT2D eigenvalue weighted by Crippen LogP contribution is -2.27. The highest BCUT2D eigenvalue weighted by molar-refractivity contribution is 7.90. The molecule has 1 aliphatic carbocycles. The first kappa shape index (κ1) is 25.4. The van der Waals surface area contributed by atoms with E-state index < -0.39 is 15.8 Å². The highest BCUT2D eigenvalue weighted by Gasteiger charge is 2.26. The minimum atomic E-state index is -3.31. The number of rotatable bonds is 10. The summed E-state index contributed by atoms with van der Waals surface area (Å²) < 4.78 is 28.9. The lowest BCUT2D eigenvalue weighted by molar-refractivity contribution is -0.143. The Kier molecular flexibility index (Phi) is 8.44. The van der Waals surface area contributed by atoms with E-state index in [1.807, 2.05) is 0 Å². The lowest BCUT2D eigenvalue weighted by atomic mass is 9.87. The molecule has 1 saturated carbocycles. The fourth-order valence-electron chi connectivity index (χ4n) is 3.89. The van der Waals surface area contributed by atoms with E-state index in [2.05, 4.69) is 5.32 Å². The van der Waals surface area contributed by atoms with E-state index in [4.69, 9.17) is 9.84 Å². The van der Waals surface area contributed by atoms with Crippen LogP contribution in [0.5, 0.6) is 5.75 Å². The van der Waals surface area contributed by atoms with E-state index >= 15 is 0 Å². The van der Waals surface area contributed by atoms with Crippen LogP contribution in [-0.4, -0.2) is 50.1 Å². The first-order valence-corrected chi connectivity index (χ1v) is 13.1. The van der Waals surface area contributed by atoms with Crippen LogP contribution in [0.15, 0.2) is 53.4 Å². The Hall–Kier alpha value is -3.20. The van der Waals surface area contributed by atoms with Crippen LogP contribution in [0.1, 0.15) is 59.2 Å². The SMILES string of the molecule is CS(=O)(=O)c1ccc(C(=O)NCCCC(=O)c2ccc(OC3CCC(C(=O)O)CC3)cc2)cc1. The molecule has 0 aromatic heterocycles. The van der Waals surface area contributed by atoms with Gasteiger partial charge in [-0.15, -0.1) is 0 Å². The number of benzene rings is 2. The summed E-state index contributed by atoms with van der Waals surface area (Å²) in [5.41, 5.74) is 0.912. The zero-order valence-corrected chi connectivity index (χ0v) is 19.8. The number of Topliss-reactive ketones (excluding diaryl/α,β-unsaturated/α-hetero) is 1. The van der Waals surface area contributed by atoms with Gasteiger partial charge < -0.3 is 15.2 Å². The van der Waals surface area contributed by atoms with Crippen LogP contribution in [0.25, 0.3) is 0 Å². The molecule has 34 heavy (non-hydrogen) atoms. The van der Waals surface area contributed by atoms with Crippen LogP contribution in [-0.2, 0) is 14.6 Å². The van der Waals surface area contributed by atoms with Crippen molar-refractivity contribution in [3.63, 3.8) is 0 Å². The Morgan fingerprint density at radius 1 is 0.941 bits per heavy atom. The minimum absolute atomic E-state index is 0.0108. The number of carboxylic acid groups (broad SMARTS) is 1. The summed E-state index contributed by atoms with van der Waals surface area (Å²) in [5, 5.41) is 11.8. The maximum Gasteiger partial charge on any atom is 0.306 e. The highest BCUT2D eigenvalue weighted by Crippen LogP contribution is 2.28. The number of carboxylic acids is 1. The van der Waals surface area contributed by atoms with Crippen molar-refractivity contribution < 1.29 is 32.6 Å². The second-order valence-corrected chi connectivity index (χ2v) is 10.5. The van der Waals surface area contributed by atoms with E-state index in [0.29, 0.717) is 55.5 Å². The highest BCUT2D eigenvalue weighted by atomic mass is 32.2.